The molecule has 22 heavy (non-hydrogen) atoms. The van der Waals surface area contributed by atoms with Crippen LogP contribution < -0.4 is 0 Å². The fraction of sp³-hybridized carbons (Fsp3) is 0.316. The number of nitrogens with zero attached hydrogens (tertiary/aromatic N) is 1. The lowest BCUT2D eigenvalue weighted by Gasteiger charge is -2.48. The van der Waals surface area contributed by atoms with E-state index in [2.05, 4.69) is 11.1 Å². The molecule has 2 aromatic carbocycles. The summed E-state index contributed by atoms with van der Waals surface area (Å²) in [5.74, 6) is 0.535. The van der Waals surface area contributed by atoms with E-state index in [1.165, 1.54) is 5.56 Å². The minimum absolute atomic E-state index is 0.155. The molecule has 2 atom stereocenters. The second kappa shape index (κ2) is 4.67. The van der Waals surface area contributed by atoms with Crippen molar-refractivity contribution in [3.05, 3.63) is 71.3 Å². The molecule has 2 aromatic rings. The number of benzene rings is 2. The van der Waals surface area contributed by atoms with E-state index >= 15 is 4.39 Å². The average molecular weight is 295 g/mol. The van der Waals surface area contributed by atoms with E-state index in [-0.39, 0.29) is 6.54 Å². The predicted molar refractivity (Wildman–Crippen MR) is 84.9 cm³/mol. The van der Waals surface area contributed by atoms with Gasteiger partial charge in [0.15, 0.2) is 11.3 Å². The molecule has 0 unspecified atom stereocenters. The molecule has 112 valence electrons. The molecule has 0 N–H and O–H groups in total. The molecular formula is C19H18FNO. The molecule has 4 rings (SSSR count). The van der Waals surface area contributed by atoms with Crippen LogP contribution in [0.1, 0.15) is 30.0 Å². The van der Waals surface area contributed by atoms with E-state index in [1.54, 1.807) is 0 Å². The number of fused-ring (bicyclic) bond motifs is 3. The van der Waals surface area contributed by atoms with Crippen LogP contribution in [0.15, 0.2) is 59.6 Å². The highest BCUT2D eigenvalue weighted by Crippen LogP contribution is 2.49. The lowest BCUT2D eigenvalue weighted by Crippen LogP contribution is -2.57. The summed E-state index contributed by atoms with van der Waals surface area (Å²) in [6, 6.07) is 17.7. The maximum Gasteiger partial charge on any atom is 0.217 e. The van der Waals surface area contributed by atoms with Crippen LogP contribution in [0.3, 0.4) is 0 Å². The summed E-state index contributed by atoms with van der Waals surface area (Å²) in [5, 5.41) is 0. The van der Waals surface area contributed by atoms with Crippen LogP contribution in [-0.4, -0.2) is 18.1 Å². The van der Waals surface area contributed by atoms with Crippen LogP contribution in [0.2, 0.25) is 0 Å². The summed E-state index contributed by atoms with van der Waals surface area (Å²) in [6.07, 6.45) is 1.19. The lowest BCUT2D eigenvalue weighted by molar-refractivity contribution is -0.103. The molecule has 0 spiro atoms. The van der Waals surface area contributed by atoms with Crippen molar-refractivity contribution in [2.24, 2.45) is 4.99 Å². The number of rotatable bonds is 1. The highest BCUT2D eigenvalue weighted by Gasteiger charge is 2.57. The van der Waals surface area contributed by atoms with E-state index in [1.807, 2.05) is 55.5 Å². The zero-order valence-corrected chi connectivity index (χ0v) is 12.6. The first-order chi connectivity index (χ1) is 10.6. The number of ether oxygens (including phenoxy) is 1. The fourth-order valence-corrected chi connectivity index (χ4v) is 3.55. The topological polar surface area (TPSA) is 21.6 Å². The Morgan fingerprint density at radius 3 is 2.59 bits per heavy atom. The first kappa shape index (κ1) is 13.5. The van der Waals surface area contributed by atoms with Crippen LogP contribution in [-0.2, 0) is 16.8 Å². The average Bonchev–Trinajstić information content (AvgIpc) is 2.56. The monoisotopic (exact) mass is 295 g/mol. The van der Waals surface area contributed by atoms with Crippen molar-refractivity contribution in [2.75, 3.05) is 6.54 Å². The predicted octanol–water partition coefficient (Wildman–Crippen LogP) is 4.03. The van der Waals surface area contributed by atoms with E-state index in [0.717, 1.165) is 17.5 Å². The number of aliphatic imine (C=N–C) groups is 1. The van der Waals surface area contributed by atoms with Gasteiger partial charge in [0, 0.05) is 11.1 Å². The maximum absolute atomic E-state index is 15.5. The van der Waals surface area contributed by atoms with Crippen LogP contribution in [0.25, 0.3) is 0 Å². The highest BCUT2D eigenvalue weighted by atomic mass is 19.1. The normalized spacial score (nSPS) is 29.8. The van der Waals surface area contributed by atoms with Crippen LogP contribution in [0.4, 0.5) is 4.39 Å². The van der Waals surface area contributed by atoms with Crippen molar-refractivity contribution in [1.29, 1.82) is 0 Å². The number of alkyl halides is 1. The largest absolute Gasteiger partial charge is 0.463 e. The SMILES string of the molecule is C[C@@]12OC(c3ccccc3)=NC[C@@]1(F)CCc1ccccc12. The van der Waals surface area contributed by atoms with Gasteiger partial charge in [0.1, 0.15) is 0 Å². The Kier molecular flexibility index (Phi) is 2.86. The van der Waals surface area contributed by atoms with Crippen molar-refractivity contribution in [1.82, 2.24) is 0 Å². The molecule has 0 bridgehead atoms. The summed E-state index contributed by atoms with van der Waals surface area (Å²) in [5.41, 5.74) is 0.600. The van der Waals surface area contributed by atoms with Gasteiger partial charge in [-0.2, -0.15) is 0 Å². The van der Waals surface area contributed by atoms with Gasteiger partial charge < -0.3 is 4.74 Å². The minimum atomic E-state index is -1.44. The second-order valence-electron chi connectivity index (χ2n) is 6.25. The minimum Gasteiger partial charge on any atom is -0.463 e. The Morgan fingerprint density at radius 1 is 1.05 bits per heavy atom. The van der Waals surface area contributed by atoms with Crippen molar-refractivity contribution in [2.45, 2.75) is 31.0 Å². The van der Waals surface area contributed by atoms with Crippen molar-refractivity contribution < 1.29 is 9.13 Å². The summed E-state index contributed by atoms with van der Waals surface area (Å²) < 4.78 is 21.7. The Labute approximate surface area is 129 Å². The molecule has 3 heteroatoms. The van der Waals surface area contributed by atoms with Gasteiger partial charge in [0.25, 0.3) is 0 Å². The quantitative estimate of drug-likeness (QED) is 0.778. The zero-order chi connectivity index (χ0) is 15.2. The number of hydrogen-bond donors (Lipinski definition) is 0. The molecular weight excluding hydrogens is 277 g/mol. The van der Waals surface area contributed by atoms with Crippen molar-refractivity contribution >= 4 is 5.90 Å². The molecule has 0 radical (unpaired) electrons. The molecule has 2 aliphatic rings. The first-order valence-corrected chi connectivity index (χ1v) is 7.69. The van der Waals surface area contributed by atoms with Crippen LogP contribution in [0.5, 0.6) is 0 Å². The zero-order valence-electron chi connectivity index (χ0n) is 12.6. The third kappa shape index (κ3) is 1.81. The van der Waals surface area contributed by atoms with Crippen molar-refractivity contribution in [3.63, 3.8) is 0 Å². The standard InChI is InChI=1S/C19H18FNO/c1-18-16-10-6-5-7-14(16)11-12-19(18,20)13-21-17(22-18)15-8-3-2-4-9-15/h2-10H,11-13H2,1H3/t18-,19-/m0/s1. The van der Waals surface area contributed by atoms with Gasteiger partial charge in [0.2, 0.25) is 5.90 Å². The molecule has 1 heterocycles. The van der Waals surface area contributed by atoms with Gasteiger partial charge >= 0.3 is 0 Å². The van der Waals surface area contributed by atoms with Gasteiger partial charge in [-0.1, -0.05) is 42.5 Å². The molecule has 1 aliphatic heterocycles. The van der Waals surface area contributed by atoms with Crippen LogP contribution >= 0.6 is 0 Å². The Hall–Kier alpha value is -2.16. The molecule has 0 saturated carbocycles. The number of hydrogen-bond acceptors (Lipinski definition) is 2. The summed E-state index contributed by atoms with van der Waals surface area (Å²) in [4.78, 5) is 4.39. The molecule has 2 nitrogen and oxygen atoms in total. The fourth-order valence-electron chi connectivity index (χ4n) is 3.55. The summed E-state index contributed by atoms with van der Waals surface area (Å²) in [6.45, 7) is 2.02. The molecule has 0 fully saturated rings. The van der Waals surface area contributed by atoms with E-state index in [9.17, 15) is 0 Å². The highest BCUT2D eigenvalue weighted by molar-refractivity contribution is 5.95. The smallest absolute Gasteiger partial charge is 0.217 e. The van der Waals surface area contributed by atoms with Gasteiger partial charge in [-0.15, -0.1) is 0 Å². The molecule has 1 aliphatic carbocycles. The summed E-state index contributed by atoms with van der Waals surface area (Å²) >= 11 is 0. The molecule has 0 amide bonds. The Morgan fingerprint density at radius 2 is 1.77 bits per heavy atom. The molecule has 0 saturated heterocycles. The number of aryl methyl sites for hydroxylation is 1. The van der Waals surface area contributed by atoms with E-state index in [4.69, 9.17) is 4.74 Å². The van der Waals surface area contributed by atoms with Gasteiger partial charge in [-0.25, -0.2) is 9.38 Å². The maximum atomic E-state index is 15.5. The molecule has 0 aromatic heterocycles. The Bertz CT molecular complexity index is 742. The lowest BCUT2D eigenvalue weighted by atomic mass is 9.69. The number of halogens is 1. The second-order valence-corrected chi connectivity index (χ2v) is 6.25. The summed E-state index contributed by atoms with van der Waals surface area (Å²) in [7, 11) is 0. The Balaban J connectivity index is 1.82. The van der Waals surface area contributed by atoms with Gasteiger partial charge in [0.05, 0.1) is 6.54 Å². The van der Waals surface area contributed by atoms with Crippen molar-refractivity contribution in [3.8, 4) is 0 Å². The van der Waals surface area contributed by atoms with Gasteiger partial charge in [-0.3, -0.25) is 0 Å². The van der Waals surface area contributed by atoms with E-state index in [0.29, 0.717) is 12.3 Å². The first-order valence-electron chi connectivity index (χ1n) is 7.69. The van der Waals surface area contributed by atoms with Gasteiger partial charge in [-0.05, 0) is 37.5 Å². The third-order valence-electron chi connectivity index (χ3n) is 4.97. The van der Waals surface area contributed by atoms with E-state index < -0.39 is 11.3 Å². The van der Waals surface area contributed by atoms with Crippen LogP contribution in [0, 0.1) is 0 Å². The third-order valence-corrected chi connectivity index (χ3v) is 4.97.